The van der Waals surface area contributed by atoms with E-state index in [0.717, 1.165) is 0 Å². The Balaban J connectivity index is 0.000000142. The predicted molar refractivity (Wildman–Crippen MR) is 631 cm³/mol. The van der Waals surface area contributed by atoms with Gasteiger partial charge in [-0.3, -0.25) is 0 Å². The van der Waals surface area contributed by atoms with Gasteiger partial charge in [-0.05, 0) is 303 Å². The number of hydrogen-bond acceptors (Lipinski definition) is 0. The maximum Gasteiger partial charge on any atom is 0.0636 e. The minimum atomic E-state index is -1.07. The summed E-state index contributed by atoms with van der Waals surface area (Å²) in [6.07, 6.45) is 0. The first-order valence-corrected chi connectivity index (χ1v) is 44.2. The lowest BCUT2D eigenvalue weighted by Crippen LogP contribution is -1.92. The van der Waals surface area contributed by atoms with Gasteiger partial charge in [0.25, 0.3) is 0 Å². The third-order valence-electron chi connectivity index (χ3n) is 24.0. The molecular formula is C146H96. The van der Waals surface area contributed by atoms with E-state index in [-0.39, 0.29) is 0 Å². The van der Waals surface area contributed by atoms with Gasteiger partial charge in [-0.15, -0.1) is 0 Å². The van der Waals surface area contributed by atoms with Gasteiger partial charge in [0.1, 0.15) is 0 Å². The van der Waals surface area contributed by atoms with Crippen molar-refractivity contribution in [3.05, 3.63) is 581 Å². The molecule has 29 aromatic rings. The van der Waals surface area contributed by atoms with E-state index >= 15 is 0 Å². The average molecular weight is 1930 g/mol. The first-order chi connectivity index (χ1) is 105. The van der Waals surface area contributed by atoms with Gasteiger partial charge in [0.05, 0.1) is 107 Å². The third kappa shape index (κ3) is 16.1. The highest BCUT2D eigenvalue weighted by molar-refractivity contribution is 6.28. The Morgan fingerprint density at radius 1 is 0.0959 bits per heavy atom. The van der Waals surface area contributed by atoms with Crippen LogP contribution in [-0.2, 0) is 0 Å². The number of rotatable bonds is 11. The summed E-state index contributed by atoms with van der Waals surface area (Å²) >= 11 is 0. The minimum absolute atomic E-state index is 0.524. The average Bonchev–Trinajstić information content (AvgIpc) is 0.682. The van der Waals surface area contributed by atoms with E-state index in [0.29, 0.717) is 0 Å². The molecule has 29 rings (SSSR count). The fraction of sp³-hybridized carbons (Fsp3) is 0. The lowest BCUT2D eigenvalue weighted by molar-refractivity contribution is 1.63. The van der Waals surface area contributed by atoms with Crippen molar-refractivity contribution in [2.24, 2.45) is 0 Å². The molecule has 0 aliphatic heterocycles. The molecule has 0 aliphatic carbocycles. The van der Waals surface area contributed by atoms with Crippen molar-refractivity contribution in [2.75, 3.05) is 0 Å². The molecule has 0 saturated carbocycles. The van der Waals surface area contributed by atoms with Crippen LogP contribution in [0.5, 0.6) is 0 Å². The molecule has 0 aromatic heterocycles. The Labute approximate surface area is 958 Å². The molecule has 0 heteroatoms. The second-order valence-corrected chi connectivity index (χ2v) is 32.1. The van der Waals surface area contributed by atoms with Crippen molar-refractivity contribution in [1.82, 2.24) is 0 Å². The largest absolute Gasteiger partial charge is 0.0636 e. The molecular weight excluding hydrogens is 1750 g/mol. The van der Waals surface area contributed by atoms with E-state index in [1.165, 1.54) is 43.8 Å². The van der Waals surface area contributed by atoms with Crippen LogP contribution >= 0.6 is 0 Å². The summed E-state index contributed by atoms with van der Waals surface area (Å²) < 4.78 is 692. The van der Waals surface area contributed by atoms with Crippen molar-refractivity contribution in [1.29, 1.82) is 0 Å². The van der Waals surface area contributed by atoms with E-state index in [9.17, 15) is 34.3 Å². The second kappa shape index (κ2) is 38.2. The maximum atomic E-state index is 9.76. The summed E-state index contributed by atoms with van der Waals surface area (Å²) in [5.74, 6) is 0. The molecule has 0 spiro atoms. The molecule has 0 bridgehead atoms. The standard InChI is InChI=1S/3C40H26.C26H18/c1-3-18-31-27(12-1)14-10-24-33(31)29-16-9-17-30(26-29)39-35-20-5-7-22-37(35)40(38-23-8-6-21-36(38)39)34-25-11-15-28-13-2-4-19-32(28)34;1-3-11-31-25-33(23-19-27(31)9-1)29-17-21-30(22-18-29)39-35-13-5-7-15-37(35)40(38-16-8-6-14-36(38)39)34-24-20-28-10-2-4-12-32(28)26-34;1-2-13-29-25-31(24-23-27(29)11-1)30-15-9-16-32(26-30)39-35-18-5-7-20-37(35)40(38-21-8-6-19-36(38)39)34-22-10-14-28-12-3-4-17-33(28)34;1-3-11-19(12-4-1)25-21-15-7-9-17-23(21)26(20-13-5-2-6-14-20)24-18-10-8-16-22(24)25/h3*1-26H;1-18H/i3*1D,2D,3D,4D,5D,6D,7D,8D,9D,10D,11D,12D,13D,14D,15D,16D,17D,18D,19D,20D,21D,22D,23D,24D,25D,26D;. The Bertz CT molecular complexity index is 14800. The van der Waals surface area contributed by atoms with Crippen LogP contribution in [0.4, 0.5) is 0 Å². The van der Waals surface area contributed by atoms with Crippen molar-refractivity contribution in [3.8, 4) is 122 Å². The van der Waals surface area contributed by atoms with Crippen LogP contribution in [0.3, 0.4) is 0 Å². The summed E-state index contributed by atoms with van der Waals surface area (Å²) in [7, 11) is 0. The van der Waals surface area contributed by atoms with Gasteiger partial charge >= 0.3 is 0 Å². The molecule has 0 amide bonds. The van der Waals surface area contributed by atoms with Crippen molar-refractivity contribution in [2.45, 2.75) is 0 Å². The fourth-order valence-corrected chi connectivity index (χ4v) is 17.8. The number of hydrogen-bond donors (Lipinski definition) is 0. The topological polar surface area (TPSA) is 0 Å². The van der Waals surface area contributed by atoms with E-state index < -0.39 is 701 Å². The summed E-state index contributed by atoms with van der Waals surface area (Å²) in [5, 5.41) is -10.8. The molecule has 0 aliphatic rings. The van der Waals surface area contributed by atoms with Gasteiger partial charge in [0, 0.05) is 0 Å². The normalized spacial score (nSPS) is 18.9. The fourth-order valence-electron chi connectivity index (χ4n) is 17.8. The van der Waals surface area contributed by atoms with E-state index in [1.54, 1.807) is 0 Å². The molecule has 0 nitrogen and oxygen atoms in total. The minimum Gasteiger partial charge on any atom is -0.0622 e. The van der Waals surface area contributed by atoms with Gasteiger partial charge in [0.2, 0.25) is 0 Å². The van der Waals surface area contributed by atoms with Crippen LogP contribution in [0.25, 0.3) is 273 Å². The van der Waals surface area contributed by atoms with Crippen LogP contribution in [0.2, 0.25) is 0 Å². The molecule has 0 heterocycles. The quantitative estimate of drug-likeness (QED) is 0.113. The van der Waals surface area contributed by atoms with E-state index in [1.807, 2.05) is 0 Å². The van der Waals surface area contributed by atoms with E-state index in [4.69, 9.17) is 72.7 Å². The molecule has 29 aromatic carbocycles. The highest BCUT2D eigenvalue weighted by Gasteiger charge is 2.25. The maximum absolute atomic E-state index is 9.76. The zero-order valence-corrected chi connectivity index (χ0v) is 74.4. The summed E-state index contributed by atoms with van der Waals surface area (Å²) in [6, 6.07) is -33.7. The van der Waals surface area contributed by atoms with Gasteiger partial charge < -0.3 is 0 Å². The highest BCUT2D eigenvalue weighted by atomic mass is 14.3. The van der Waals surface area contributed by atoms with Gasteiger partial charge in [-0.25, -0.2) is 0 Å². The second-order valence-electron chi connectivity index (χ2n) is 32.1. The summed E-state index contributed by atoms with van der Waals surface area (Å²) in [4.78, 5) is 0. The molecule has 0 unspecified atom stereocenters. The Morgan fingerprint density at radius 2 is 0.301 bits per heavy atom. The van der Waals surface area contributed by atoms with Crippen LogP contribution < -0.4 is 0 Å². The lowest BCUT2D eigenvalue weighted by atomic mass is 9.84. The van der Waals surface area contributed by atoms with Crippen LogP contribution in [0.15, 0.2) is 581 Å². The molecule has 680 valence electrons. The van der Waals surface area contributed by atoms with Crippen molar-refractivity contribution >= 4 is 151 Å². The smallest absolute Gasteiger partial charge is 0.0622 e. The Morgan fingerprint density at radius 3 is 0.658 bits per heavy atom. The number of fused-ring (bicyclic) bond motifs is 14. The SMILES string of the molecule is [2H]c1c([2H])c(-c2c([2H])c([2H])c([2H])c3c([2H])c([2H])c([2H])c([2H])c23)c([2H])c(-c2c3c([2H])c([2H])c([2H])c([2H])c3c(-c3c([2H])c([2H])c([2H])c4c([2H])c([2H])c([2H])c([2H])c34)c3c([2H])c([2H])c([2H])c([2H])c23)c1[2H].[2H]c1c([2H])c(-c2c([2H])c([2H])c3c([2H])c([2H])c([2H])c([2H])c3c2[2H])c([2H])c(-c2c3c([2H])c([2H])c([2H])c([2H])c3c(-c3c([2H])c([2H])c([2H])c4c([2H])c([2H])c([2H])c([2H])c34)c3c([2H])c([2H])c([2H])c([2H])c23)c1[2H].[2H]c1c([2H])c(-c2c3c([2H])c([2H])c([2H])c([2H])c3c(-c3c([2H])c([2H])c4c([2H])c([2H])c([2H])c([2H])c4c3[2H])c3c([2H])c([2H])c([2H])c([2H])c23)c([2H])c([2H])c1-c1c([2H])c([2H])c2c([2H])c([2H])c([2H])c([2H])c2c1[2H].c1ccc(-c2c3ccccc3c(-c3ccccc3)c3ccccc23)cc1. The monoisotopic (exact) mass is 1930 g/mol. The first-order valence-electron chi connectivity index (χ1n) is 83.2. The zero-order chi connectivity index (χ0) is 165. The summed E-state index contributed by atoms with van der Waals surface area (Å²) in [5.41, 5.74) is -8.74. The molecule has 0 fully saturated rings. The molecule has 0 N–H and O–H groups in total. The molecule has 0 atom stereocenters. The molecule has 0 saturated heterocycles. The predicted octanol–water partition coefficient (Wildman–Crippen LogP) is 41.2. The van der Waals surface area contributed by atoms with Crippen LogP contribution in [-0.4, -0.2) is 0 Å². The van der Waals surface area contributed by atoms with Crippen LogP contribution in [0, 0.1) is 0 Å². The lowest BCUT2D eigenvalue weighted by Gasteiger charge is -2.19. The zero-order valence-electron chi connectivity index (χ0n) is 152. The van der Waals surface area contributed by atoms with Crippen LogP contribution in [0.1, 0.15) is 107 Å². The third-order valence-corrected chi connectivity index (χ3v) is 24.0. The first kappa shape index (κ1) is 38.1. The molecule has 146 heavy (non-hydrogen) atoms. The van der Waals surface area contributed by atoms with Crippen molar-refractivity contribution in [3.63, 3.8) is 0 Å². The van der Waals surface area contributed by atoms with E-state index in [2.05, 4.69) is 109 Å². The Hall–Kier alpha value is -19.0. The number of benzene rings is 29. The van der Waals surface area contributed by atoms with Gasteiger partial charge in [-0.2, -0.15) is 0 Å². The van der Waals surface area contributed by atoms with Gasteiger partial charge in [0.15, 0.2) is 0 Å². The Kier molecular flexibility index (Phi) is 9.98. The highest BCUT2D eigenvalue weighted by Crippen LogP contribution is 2.52. The summed E-state index contributed by atoms with van der Waals surface area (Å²) in [6.45, 7) is 0. The van der Waals surface area contributed by atoms with Crippen molar-refractivity contribution < 1.29 is 107 Å². The van der Waals surface area contributed by atoms with Gasteiger partial charge in [-0.1, -0.05) is 550 Å². The molecule has 0 radical (unpaired) electrons.